The van der Waals surface area contributed by atoms with E-state index in [-0.39, 0.29) is 9.49 Å². The van der Waals surface area contributed by atoms with Crippen LogP contribution in [-0.2, 0) is 14.3 Å². The molecule has 2 unspecified atom stereocenters. The van der Waals surface area contributed by atoms with Gasteiger partial charge in [-0.25, -0.2) is 9.59 Å². The van der Waals surface area contributed by atoms with Crippen LogP contribution in [0, 0.1) is 0 Å². The van der Waals surface area contributed by atoms with Gasteiger partial charge in [-0.3, -0.25) is 0 Å². The zero-order valence-electron chi connectivity index (χ0n) is 14.7. The van der Waals surface area contributed by atoms with Crippen molar-refractivity contribution in [2.45, 2.75) is 33.1 Å². The number of benzene rings is 2. The number of fused-ring (bicyclic) bond motifs is 8. The molecule has 3 aliphatic heterocycles. The predicted octanol–water partition coefficient (Wildman–Crippen LogP) is 4.72. The molecule has 0 aromatic heterocycles. The average molecular weight is 390 g/mol. The first-order chi connectivity index (χ1) is 13.0. The Labute approximate surface area is 164 Å². The second-order valence-electron chi connectivity index (χ2n) is 7.44. The van der Waals surface area contributed by atoms with Crippen LogP contribution in [0.4, 0.5) is 0 Å². The van der Waals surface area contributed by atoms with Gasteiger partial charge in [-0.15, -0.1) is 23.5 Å². The highest BCUT2D eigenvalue weighted by Gasteiger charge is 2.64. The summed E-state index contributed by atoms with van der Waals surface area (Å²) in [6, 6.07) is 16.3. The summed E-state index contributed by atoms with van der Waals surface area (Å²) in [7, 11) is 0. The summed E-state index contributed by atoms with van der Waals surface area (Å²) in [5, 5.41) is 0. The lowest BCUT2D eigenvalue weighted by atomic mass is 9.69. The molecule has 2 atom stereocenters. The van der Waals surface area contributed by atoms with Crippen molar-refractivity contribution in [3.8, 4) is 0 Å². The number of cyclic esters (lactones) is 2. The quantitative estimate of drug-likeness (QED) is 0.481. The van der Waals surface area contributed by atoms with Gasteiger partial charge in [-0.1, -0.05) is 36.4 Å². The van der Waals surface area contributed by atoms with Gasteiger partial charge in [-0.05, 0) is 48.3 Å². The van der Waals surface area contributed by atoms with Crippen LogP contribution in [0.15, 0.2) is 69.5 Å². The summed E-state index contributed by atoms with van der Waals surface area (Å²) < 4.78 is 4.38. The van der Waals surface area contributed by atoms with Gasteiger partial charge < -0.3 is 4.74 Å². The molecule has 3 heterocycles. The molecular formula is C22H14O3S2. The van der Waals surface area contributed by atoms with Crippen molar-refractivity contribution >= 4 is 46.6 Å². The largest absolute Gasteiger partial charge is 0.386 e. The van der Waals surface area contributed by atoms with Crippen LogP contribution in [0.3, 0.4) is 0 Å². The van der Waals surface area contributed by atoms with Crippen LogP contribution < -0.4 is 0 Å². The second-order valence-corrected chi connectivity index (χ2v) is 10.4. The first-order valence-electron chi connectivity index (χ1n) is 8.79. The molecule has 1 fully saturated rings. The zero-order chi connectivity index (χ0) is 18.6. The van der Waals surface area contributed by atoms with E-state index in [4.69, 9.17) is 4.74 Å². The Morgan fingerprint density at radius 3 is 1.56 bits per heavy atom. The lowest BCUT2D eigenvalue weighted by Crippen LogP contribution is -2.46. The molecule has 0 amide bonds. The number of rotatable bonds is 0. The van der Waals surface area contributed by atoms with Crippen LogP contribution in [-0.4, -0.2) is 21.4 Å². The van der Waals surface area contributed by atoms with E-state index in [9.17, 15) is 9.59 Å². The Kier molecular flexibility index (Phi) is 2.79. The Morgan fingerprint density at radius 1 is 0.704 bits per heavy atom. The van der Waals surface area contributed by atoms with Crippen molar-refractivity contribution in [3.63, 3.8) is 0 Å². The number of carbonyl (C=O) groups is 2. The maximum atomic E-state index is 12.8. The topological polar surface area (TPSA) is 43.4 Å². The van der Waals surface area contributed by atoms with Gasteiger partial charge in [0, 0.05) is 9.79 Å². The number of carbonyl (C=O) groups excluding carboxylic acids is 2. The number of hydrogen-bond acceptors (Lipinski definition) is 5. The fourth-order valence-electron chi connectivity index (χ4n) is 4.84. The highest BCUT2D eigenvalue weighted by molar-refractivity contribution is 8.06. The van der Waals surface area contributed by atoms with Crippen molar-refractivity contribution in [1.29, 1.82) is 0 Å². The molecule has 4 aliphatic rings. The molecule has 0 N–H and O–H groups in total. The SMILES string of the molecule is CC12Sc3ccccc3C1=C1C(=O)OC(=O)C1=C1c3ccccc3SC12C. The Morgan fingerprint density at radius 2 is 1.11 bits per heavy atom. The van der Waals surface area contributed by atoms with Gasteiger partial charge in [0.25, 0.3) is 0 Å². The van der Waals surface area contributed by atoms with Crippen LogP contribution in [0.5, 0.6) is 0 Å². The average Bonchev–Trinajstić information content (AvgIpc) is 3.22. The maximum Gasteiger partial charge on any atom is 0.347 e. The third kappa shape index (κ3) is 1.64. The standard InChI is InChI=1S/C22H14O3S2/c1-21-17(11-7-3-5-9-13(11)26-21)15-16(20(24)25-19(15)23)18-12-8-4-6-10-14(12)27-22(18,21)2/h3-10H,1-2H3. The first-order valence-corrected chi connectivity index (χ1v) is 10.4. The van der Waals surface area contributed by atoms with Gasteiger partial charge in [0.2, 0.25) is 0 Å². The molecule has 0 saturated carbocycles. The predicted molar refractivity (Wildman–Crippen MR) is 106 cm³/mol. The molecule has 132 valence electrons. The fraction of sp³-hybridized carbons (Fsp3) is 0.182. The van der Waals surface area contributed by atoms with Gasteiger partial charge in [0.05, 0.1) is 20.6 Å². The second kappa shape index (κ2) is 4.78. The minimum atomic E-state index is -0.516. The number of esters is 2. The smallest absolute Gasteiger partial charge is 0.347 e. The van der Waals surface area contributed by atoms with E-state index in [1.165, 1.54) is 0 Å². The monoisotopic (exact) mass is 390 g/mol. The number of ether oxygens (including phenoxy) is 1. The number of thioether (sulfide) groups is 2. The Balaban J connectivity index is 1.80. The van der Waals surface area contributed by atoms with E-state index in [1.54, 1.807) is 23.5 Å². The molecular weight excluding hydrogens is 376 g/mol. The Bertz CT molecular complexity index is 1080. The Hall–Kier alpha value is -2.24. The summed E-state index contributed by atoms with van der Waals surface area (Å²) in [6.07, 6.45) is 0. The molecule has 0 bridgehead atoms. The summed E-state index contributed by atoms with van der Waals surface area (Å²) in [5.41, 5.74) is 4.90. The lowest BCUT2D eigenvalue weighted by Gasteiger charge is -2.45. The van der Waals surface area contributed by atoms with E-state index < -0.39 is 11.9 Å². The van der Waals surface area contributed by atoms with E-state index in [1.807, 2.05) is 36.4 Å². The van der Waals surface area contributed by atoms with Crippen molar-refractivity contribution in [3.05, 3.63) is 70.8 Å². The van der Waals surface area contributed by atoms with E-state index in [0.717, 1.165) is 32.1 Å². The molecule has 1 aliphatic carbocycles. The van der Waals surface area contributed by atoms with E-state index in [2.05, 4.69) is 26.0 Å². The van der Waals surface area contributed by atoms with Crippen molar-refractivity contribution < 1.29 is 14.3 Å². The molecule has 2 aromatic rings. The minimum Gasteiger partial charge on any atom is -0.386 e. The molecule has 0 radical (unpaired) electrons. The fourth-order valence-corrected chi connectivity index (χ4v) is 8.05. The summed E-state index contributed by atoms with van der Waals surface area (Å²) in [4.78, 5) is 27.8. The zero-order valence-corrected chi connectivity index (χ0v) is 16.3. The molecule has 27 heavy (non-hydrogen) atoms. The molecule has 2 aromatic carbocycles. The van der Waals surface area contributed by atoms with Gasteiger partial charge in [-0.2, -0.15) is 0 Å². The third-order valence-corrected chi connectivity index (χ3v) is 9.47. The molecule has 3 nitrogen and oxygen atoms in total. The maximum absolute atomic E-state index is 12.8. The summed E-state index contributed by atoms with van der Waals surface area (Å²) in [6.45, 7) is 4.40. The van der Waals surface area contributed by atoms with Gasteiger partial charge in [0.15, 0.2) is 0 Å². The normalized spacial score (nSPS) is 30.0. The lowest BCUT2D eigenvalue weighted by molar-refractivity contribution is -0.149. The molecule has 5 heteroatoms. The van der Waals surface area contributed by atoms with Gasteiger partial charge in [0.1, 0.15) is 0 Å². The van der Waals surface area contributed by atoms with Crippen LogP contribution in [0.2, 0.25) is 0 Å². The minimum absolute atomic E-state index is 0.377. The van der Waals surface area contributed by atoms with Crippen molar-refractivity contribution in [2.24, 2.45) is 0 Å². The molecule has 0 spiro atoms. The van der Waals surface area contributed by atoms with Crippen LogP contribution in [0.25, 0.3) is 11.1 Å². The summed E-state index contributed by atoms with van der Waals surface area (Å²) >= 11 is 3.58. The van der Waals surface area contributed by atoms with Gasteiger partial charge >= 0.3 is 11.9 Å². The summed E-state index contributed by atoms with van der Waals surface area (Å²) in [5.74, 6) is -1.03. The van der Waals surface area contributed by atoms with E-state index in [0.29, 0.717) is 11.1 Å². The van der Waals surface area contributed by atoms with Crippen LogP contribution >= 0.6 is 23.5 Å². The van der Waals surface area contributed by atoms with E-state index >= 15 is 0 Å². The highest BCUT2D eigenvalue weighted by Crippen LogP contribution is 2.72. The number of hydrogen-bond donors (Lipinski definition) is 0. The van der Waals surface area contributed by atoms with Crippen molar-refractivity contribution in [1.82, 2.24) is 0 Å². The third-order valence-electron chi connectivity index (χ3n) is 6.15. The highest BCUT2D eigenvalue weighted by atomic mass is 32.2. The molecule has 6 rings (SSSR count). The first kappa shape index (κ1) is 15.8. The van der Waals surface area contributed by atoms with Crippen LogP contribution in [0.1, 0.15) is 25.0 Å². The van der Waals surface area contributed by atoms with Crippen molar-refractivity contribution in [2.75, 3.05) is 0 Å². The molecule has 1 saturated heterocycles.